The molecule has 0 bridgehead atoms. The smallest absolute Gasteiger partial charge is 0.252 e. The van der Waals surface area contributed by atoms with Gasteiger partial charge in [-0.2, -0.15) is 0 Å². The maximum absolute atomic E-state index is 12.2. The Morgan fingerprint density at radius 2 is 1.91 bits per heavy atom. The maximum Gasteiger partial charge on any atom is 0.252 e. The van der Waals surface area contributed by atoms with E-state index in [9.17, 15) is 13.2 Å². The normalized spacial score (nSPS) is 16.2. The van der Waals surface area contributed by atoms with E-state index in [1.165, 1.54) is 31.4 Å². The van der Waals surface area contributed by atoms with Crippen LogP contribution in [0, 0.1) is 0 Å². The predicted octanol–water partition coefficient (Wildman–Crippen LogP) is 2.56. The molecule has 1 aromatic carbocycles. The average Bonchev–Trinajstić information content (AvgIpc) is 2.54. The molecule has 2 rings (SSSR count). The number of carbonyl (C=O) groups excluding carboxylic acids is 1. The number of hydrogen-bond donors (Lipinski definition) is 1. The lowest BCUT2D eigenvalue weighted by molar-refractivity contribution is 0.0273. The molecule has 5 nitrogen and oxygen atoms in total. The van der Waals surface area contributed by atoms with Crippen LogP contribution < -0.4 is 5.32 Å². The summed E-state index contributed by atoms with van der Waals surface area (Å²) in [6.45, 7) is 1.10. The summed E-state index contributed by atoms with van der Waals surface area (Å²) in [7, 11) is -3.41. The number of benzene rings is 1. The molecule has 0 unspecified atom stereocenters. The molecule has 1 saturated carbocycles. The van der Waals surface area contributed by atoms with Crippen molar-refractivity contribution in [3.05, 3.63) is 29.8 Å². The third-order valence-corrected chi connectivity index (χ3v) is 5.20. The van der Waals surface area contributed by atoms with E-state index in [1.807, 2.05) is 0 Å². The fraction of sp³-hybridized carbons (Fsp3) is 0.588. The second-order valence-corrected chi connectivity index (χ2v) is 7.99. The Morgan fingerprint density at radius 3 is 2.61 bits per heavy atom. The van der Waals surface area contributed by atoms with Crippen LogP contribution in [0.5, 0.6) is 0 Å². The van der Waals surface area contributed by atoms with Gasteiger partial charge in [-0.15, -0.1) is 0 Å². The molecule has 1 aliphatic carbocycles. The van der Waals surface area contributed by atoms with Gasteiger partial charge in [-0.1, -0.05) is 31.4 Å². The lowest BCUT2D eigenvalue weighted by Crippen LogP contribution is -2.27. The second-order valence-electron chi connectivity index (χ2n) is 6.01. The van der Waals surface area contributed by atoms with Crippen molar-refractivity contribution in [3.63, 3.8) is 0 Å². The molecule has 1 aliphatic rings. The van der Waals surface area contributed by atoms with Gasteiger partial charge in [0.15, 0.2) is 9.84 Å². The number of hydrogen-bond acceptors (Lipinski definition) is 4. The van der Waals surface area contributed by atoms with Crippen molar-refractivity contribution in [2.45, 2.75) is 49.5 Å². The molecule has 0 radical (unpaired) electrons. The van der Waals surface area contributed by atoms with Gasteiger partial charge in [0, 0.05) is 19.4 Å². The van der Waals surface area contributed by atoms with Crippen LogP contribution in [-0.4, -0.2) is 39.8 Å². The van der Waals surface area contributed by atoms with E-state index in [1.54, 1.807) is 12.1 Å². The largest absolute Gasteiger partial charge is 0.378 e. The highest BCUT2D eigenvalue weighted by Gasteiger charge is 2.18. The number of rotatable bonds is 7. The first-order valence-electron chi connectivity index (χ1n) is 8.17. The lowest BCUT2D eigenvalue weighted by atomic mass is 9.98. The number of sulfone groups is 1. The summed E-state index contributed by atoms with van der Waals surface area (Å²) in [6.07, 6.45) is 8.25. The fourth-order valence-electron chi connectivity index (χ4n) is 2.83. The van der Waals surface area contributed by atoms with E-state index in [-0.39, 0.29) is 16.4 Å². The van der Waals surface area contributed by atoms with Gasteiger partial charge in [-0.3, -0.25) is 4.79 Å². The Labute approximate surface area is 138 Å². The molecular formula is C17H25NO4S. The quantitative estimate of drug-likeness (QED) is 0.775. The van der Waals surface area contributed by atoms with Crippen LogP contribution in [0.1, 0.15) is 48.9 Å². The van der Waals surface area contributed by atoms with Crippen molar-refractivity contribution < 1.29 is 17.9 Å². The van der Waals surface area contributed by atoms with Crippen LogP contribution in [0.4, 0.5) is 0 Å². The molecule has 128 valence electrons. The zero-order chi connectivity index (χ0) is 16.7. The van der Waals surface area contributed by atoms with E-state index in [2.05, 4.69) is 5.32 Å². The van der Waals surface area contributed by atoms with Crippen LogP contribution in [-0.2, 0) is 14.6 Å². The van der Waals surface area contributed by atoms with E-state index >= 15 is 0 Å². The molecule has 0 atom stereocenters. The summed E-state index contributed by atoms with van der Waals surface area (Å²) in [4.78, 5) is 12.2. The summed E-state index contributed by atoms with van der Waals surface area (Å²) in [6, 6.07) is 6.27. The van der Waals surface area contributed by atoms with E-state index in [4.69, 9.17) is 4.74 Å². The van der Waals surface area contributed by atoms with Crippen LogP contribution in [0.25, 0.3) is 0 Å². The molecule has 1 N–H and O–H groups in total. The molecular weight excluding hydrogens is 314 g/mol. The molecule has 23 heavy (non-hydrogen) atoms. The second kappa shape index (κ2) is 8.45. The molecule has 1 aromatic rings. The minimum atomic E-state index is -3.41. The zero-order valence-corrected chi connectivity index (χ0v) is 14.4. The molecule has 6 heteroatoms. The summed E-state index contributed by atoms with van der Waals surface area (Å²) in [5, 5.41) is 2.77. The molecule has 0 heterocycles. The number of ether oxygens (including phenoxy) is 1. The van der Waals surface area contributed by atoms with E-state index in [0.717, 1.165) is 25.5 Å². The fourth-order valence-corrected chi connectivity index (χ4v) is 3.71. The Kier molecular flexibility index (Phi) is 6.59. The minimum Gasteiger partial charge on any atom is -0.378 e. The Balaban J connectivity index is 1.77. The van der Waals surface area contributed by atoms with Gasteiger partial charge in [-0.25, -0.2) is 8.42 Å². The van der Waals surface area contributed by atoms with Gasteiger partial charge in [0.05, 0.1) is 16.6 Å². The highest BCUT2D eigenvalue weighted by molar-refractivity contribution is 7.90. The van der Waals surface area contributed by atoms with Crippen LogP contribution in [0.15, 0.2) is 29.2 Å². The summed E-state index contributed by atoms with van der Waals surface area (Å²) >= 11 is 0. The molecule has 0 saturated heterocycles. The first-order valence-corrected chi connectivity index (χ1v) is 10.1. The molecule has 0 spiro atoms. The van der Waals surface area contributed by atoms with E-state index in [0.29, 0.717) is 19.3 Å². The van der Waals surface area contributed by atoms with Crippen LogP contribution in [0.3, 0.4) is 0 Å². The van der Waals surface area contributed by atoms with Gasteiger partial charge < -0.3 is 10.1 Å². The van der Waals surface area contributed by atoms with E-state index < -0.39 is 9.84 Å². The Morgan fingerprint density at radius 1 is 1.22 bits per heavy atom. The third-order valence-electron chi connectivity index (χ3n) is 4.04. The van der Waals surface area contributed by atoms with Crippen molar-refractivity contribution >= 4 is 15.7 Å². The Bertz CT molecular complexity index is 621. The lowest BCUT2D eigenvalue weighted by Gasteiger charge is -2.21. The SMILES string of the molecule is CS(=O)(=O)c1ccccc1C(=O)NCCCOC1CCCCC1. The van der Waals surface area contributed by atoms with Crippen molar-refractivity contribution in [1.29, 1.82) is 0 Å². The molecule has 1 amide bonds. The summed E-state index contributed by atoms with van der Waals surface area (Å²) < 4.78 is 29.2. The molecule has 0 aliphatic heterocycles. The summed E-state index contributed by atoms with van der Waals surface area (Å²) in [5.74, 6) is -0.358. The third kappa shape index (κ3) is 5.62. The molecule has 1 fully saturated rings. The monoisotopic (exact) mass is 339 g/mol. The van der Waals surface area contributed by atoms with Crippen LogP contribution >= 0.6 is 0 Å². The van der Waals surface area contributed by atoms with Crippen molar-refractivity contribution in [1.82, 2.24) is 5.32 Å². The predicted molar refractivity (Wildman–Crippen MR) is 89.3 cm³/mol. The first kappa shape index (κ1) is 17.9. The average molecular weight is 339 g/mol. The van der Waals surface area contributed by atoms with Crippen molar-refractivity contribution in [2.24, 2.45) is 0 Å². The minimum absolute atomic E-state index is 0.0657. The number of nitrogens with one attached hydrogen (secondary N) is 1. The van der Waals surface area contributed by atoms with Crippen molar-refractivity contribution in [2.75, 3.05) is 19.4 Å². The Hall–Kier alpha value is -1.40. The van der Waals surface area contributed by atoms with Crippen molar-refractivity contribution in [3.8, 4) is 0 Å². The standard InChI is InChI=1S/C17H25NO4S/c1-23(20,21)16-11-6-5-10-15(16)17(19)18-12-7-13-22-14-8-3-2-4-9-14/h5-6,10-11,14H,2-4,7-9,12-13H2,1H3,(H,18,19). The van der Waals surface area contributed by atoms with Crippen LogP contribution in [0.2, 0.25) is 0 Å². The van der Waals surface area contributed by atoms with Gasteiger partial charge in [0.1, 0.15) is 0 Å². The van der Waals surface area contributed by atoms with Gasteiger partial charge >= 0.3 is 0 Å². The highest BCUT2D eigenvalue weighted by atomic mass is 32.2. The number of carbonyl (C=O) groups is 1. The van der Waals surface area contributed by atoms with Gasteiger partial charge in [0.2, 0.25) is 0 Å². The number of amides is 1. The zero-order valence-electron chi connectivity index (χ0n) is 13.6. The van der Waals surface area contributed by atoms with Gasteiger partial charge in [-0.05, 0) is 31.4 Å². The molecule has 0 aromatic heterocycles. The maximum atomic E-state index is 12.2. The highest BCUT2D eigenvalue weighted by Crippen LogP contribution is 2.20. The summed E-state index contributed by atoms with van der Waals surface area (Å²) in [5.41, 5.74) is 0.197. The van der Waals surface area contributed by atoms with Gasteiger partial charge in [0.25, 0.3) is 5.91 Å². The topological polar surface area (TPSA) is 72.5 Å². The first-order chi connectivity index (χ1) is 11.0.